The Morgan fingerprint density at radius 1 is 1.05 bits per heavy atom. The molecule has 1 unspecified atom stereocenters. The molecule has 0 aliphatic carbocycles. The lowest BCUT2D eigenvalue weighted by atomic mass is 10.4. The number of quaternary nitrogens is 1. The zero-order valence-electron chi connectivity index (χ0n) is 11.6. The molecule has 0 spiro atoms. The normalized spacial score (nSPS) is 27.1. The molecule has 0 radical (unpaired) electrons. The van der Waals surface area contributed by atoms with E-state index >= 15 is 0 Å². The molecule has 2 aliphatic rings. The van der Waals surface area contributed by atoms with E-state index < -0.39 is 0 Å². The molecule has 0 amide bonds. The van der Waals surface area contributed by atoms with Gasteiger partial charge in [0.2, 0.25) is 5.04 Å². The van der Waals surface area contributed by atoms with Gasteiger partial charge in [0.25, 0.3) is 0 Å². The van der Waals surface area contributed by atoms with E-state index in [-0.39, 0.29) is 0 Å². The summed E-state index contributed by atoms with van der Waals surface area (Å²) in [7, 11) is 4.37. The standard InChI is InChI=1S/C15H21N2S2/c1-16-10-12-18-14(16)8-6-4-3-5-7-9-15-17(2)11-13-19-15/h3-9H,10-13H2,1-2H3/q+1/p+1. The van der Waals surface area contributed by atoms with Crippen LogP contribution in [0.25, 0.3) is 0 Å². The van der Waals surface area contributed by atoms with Crippen LogP contribution in [0.15, 0.2) is 47.6 Å². The highest BCUT2D eigenvalue weighted by molar-refractivity contribution is 8.14. The van der Waals surface area contributed by atoms with Crippen LogP contribution in [-0.4, -0.2) is 48.3 Å². The maximum Gasteiger partial charge on any atom is 0.234 e. The molecule has 2 heterocycles. The fraction of sp³-hybridized carbons (Fsp3) is 0.400. The molecule has 2 aliphatic heterocycles. The van der Waals surface area contributed by atoms with Gasteiger partial charge in [-0.25, -0.2) is 4.58 Å². The van der Waals surface area contributed by atoms with Crippen LogP contribution >= 0.6 is 23.5 Å². The molecule has 0 saturated carbocycles. The van der Waals surface area contributed by atoms with Gasteiger partial charge < -0.3 is 0 Å². The Morgan fingerprint density at radius 2 is 1.84 bits per heavy atom. The minimum absolute atomic E-state index is 1.16. The topological polar surface area (TPSA) is 7.45 Å². The van der Waals surface area contributed by atoms with E-state index in [1.54, 1.807) is 0 Å². The van der Waals surface area contributed by atoms with Crippen LogP contribution in [0.2, 0.25) is 0 Å². The van der Waals surface area contributed by atoms with E-state index in [0.29, 0.717) is 0 Å². The van der Waals surface area contributed by atoms with Crippen LogP contribution < -0.4 is 4.90 Å². The third kappa shape index (κ3) is 4.71. The number of allylic oxidation sites excluding steroid dienone is 6. The Hall–Kier alpha value is -0.710. The lowest BCUT2D eigenvalue weighted by molar-refractivity contribution is -0.823. The molecule has 0 aromatic rings. The first kappa shape index (κ1) is 14.7. The van der Waals surface area contributed by atoms with Gasteiger partial charge in [-0.3, -0.25) is 4.90 Å². The number of hydrogen-bond donors (Lipinski definition) is 1. The number of nitrogens with one attached hydrogen (secondary N) is 1. The van der Waals surface area contributed by atoms with Gasteiger partial charge in [-0.05, 0) is 0 Å². The van der Waals surface area contributed by atoms with Gasteiger partial charge in [-0.2, -0.15) is 0 Å². The van der Waals surface area contributed by atoms with E-state index in [1.807, 2.05) is 23.5 Å². The highest BCUT2D eigenvalue weighted by Crippen LogP contribution is 2.12. The summed E-state index contributed by atoms with van der Waals surface area (Å²) in [5.41, 5.74) is 0. The van der Waals surface area contributed by atoms with Crippen LogP contribution in [0.1, 0.15) is 0 Å². The van der Waals surface area contributed by atoms with E-state index in [0.717, 1.165) is 6.54 Å². The minimum Gasteiger partial charge on any atom is -0.299 e. The van der Waals surface area contributed by atoms with Crippen molar-refractivity contribution in [1.29, 1.82) is 0 Å². The Bertz CT molecular complexity index is 459. The molecule has 1 atom stereocenters. The van der Waals surface area contributed by atoms with E-state index in [4.69, 9.17) is 0 Å². The molecule has 2 nitrogen and oxygen atoms in total. The third-order valence-corrected chi connectivity index (χ3v) is 5.47. The van der Waals surface area contributed by atoms with Gasteiger partial charge in [0.05, 0.1) is 25.1 Å². The Balaban J connectivity index is 1.77. The van der Waals surface area contributed by atoms with Crippen LogP contribution in [-0.2, 0) is 0 Å². The highest BCUT2D eigenvalue weighted by atomic mass is 32.2. The molecule has 2 rings (SSSR count). The minimum atomic E-state index is 1.16. The lowest BCUT2D eigenvalue weighted by Gasteiger charge is -2.02. The predicted octanol–water partition coefficient (Wildman–Crippen LogP) is 1.55. The quantitative estimate of drug-likeness (QED) is 0.621. The van der Waals surface area contributed by atoms with Crippen LogP contribution in [0, 0.1) is 0 Å². The van der Waals surface area contributed by atoms with Crippen molar-refractivity contribution in [2.75, 3.05) is 38.7 Å². The van der Waals surface area contributed by atoms with Crippen molar-refractivity contribution in [3.63, 3.8) is 0 Å². The lowest BCUT2D eigenvalue weighted by Crippen LogP contribution is -3.05. The summed E-state index contributed by atoms with van der Waals surface area (Å²) < 4.78 is 2.30. The summed E-state index contributed by atoms with van der Waals surface area (Å²) in [6.07, 6.45) is 14.9. The van der Waals surface area contributed by atoms with Crippen LogP contribution in [0.3, 0.4) is 0 Å². The second kappa shape index (κ2) is 7.78. The molecule has 1 N–H and O–H groups in total. The van der Waals surface area contributed by atoms with Gasteiger partial charge in [-0.1, -0.05) is 53.9 Å². The molecule has 0 aromatic heterocycles. The molecule has 4 heteroatoms. The van der Waals surface area contributed by atoms with Crippen LogP contribution in [0.4, 0.5) is 0 Å². The molecule has 0 bridgehead atoms. The van der Waals surface area contributed by atoms with Crippen molar-refractivity contribution >= 4 is 28.6 Å². The van der Waals surface area contributed by atoms with E-state index in [9.17, 15) is 0 Å². The van der Waals surface area contributed by atoms with Gasteiger partial charge in [0, 0.05) is 12.2 Å². The highest BCUT2D eigenvalue weighted by Gasteiger charge is 2.17. The smallest absolute Gasteiger partial charge is 0.234 e. The first-order valence-corrected chi connectivity index (χ1v) is 8.62. The van der Waals surface area contributed by atoms with E-state index in [2.05, 4.69) is 61.2 Å². The molecule has 0 aromatic carbocycles. The largest absolute Gasteiger partial charge is 0.299 e. The maximum absolute atomic E-state index is 2.30. The monoisotopic (exact) mass is 294 g/mol. The molecular formula is C15H22N2S2+2. The van der Waals surface area contributed by atoms with Crippen LogP contribution in [0.5, 0.6) is 0 Å². The summed E-state index contributed by atoms with van der Waals surface area (Å²) in [5.74, 6) is 2.45. The van der Waals surface area contributed by atoms with Gasteiger partial charge in [-0.15, -0.1) is 0 Å². The van der Waals surface area contributed by atoms with Crippen molar-refractivity contribution in [1.82, 2.24) is 0 Å². The van der Waals surface area contributed by atoms with Crippen molar-refractivity contribution in [2.45, 2.75) is 0 Å². The summed E-state index contributed by atoms with van der Waals surface area (Å²) in [5, 5.41) is 2.81. The number of rotatable bonds is 4. The number of thioether (sulfide) groups is 2. The van der Waals surface area contributed by atoms with Gasteiger partial charge in [0.15, 0.2) is 11.6 Å². The Kier molecular flexibility index (Phi) is 6.01. The maximum atomic E-state index is 2.30. The van der Waals surface area contributed by atoms with E-state index in [1.165, 1.54) is 33.0 Å². The fourth-order valence-electron chi connectivity index (χ4n) is 1.91. The Labute approximate surface area is 124 Å². The predicted molar refractivity (Wildman–Crippen MR) is 88.2 cm³/mol. The van der Waals surface area contributed by atoms with Crippen molar-refractivity contribution < 1.29 is 9.48 Å². The molecule has 1 fully saturated rings. The second-order valence-electron chi connectivity index (χ2n) is 4.65. The van der Waals surface area contributed by atoms with Crippen molar-refractivity contribution in [3.8, 4) is 0 Å². The molecular weight excluding hydrogens is 272 g/mol. The number of hydrogen-bond acceptors (Lipinski definition) is 2. The van der Waals surface area contributed by atoms with Crippen molar-refractivity contribution in [2.24, 2.45) is 0 Å². The molecule has 19 heavy (non-hydrogen) atoms. The third-order valence-electron chi connectivity index (χ3n) is 3.14. The van der Waals surface area contributed by atoms with Gasteiger partial charge in [0.1, 0.15) is 7.05 Å². The summed E-state index contributed by atoms with van der Waals surface area (Å²) in [4.78, 5) is 1.52. The fourth-order valence-corrected chi connectivity index (χ4v) is 4.12. The van der Waals surface area contributed by atoms with Crippen molar-refractivity contribution in [3.05, 3.63) is 47.6 Å². The molecule has 102 valence electrons. The first-order valence-electron chi connectivity index (χ1n) is 6.65. The SMILES string of the molecule is C[N+]1=C(C=CC=CC=CC=C2SCC[NH+]2C)SCC1. The first-order chi connectivity index (χ1) is 9.27. The average Bonchev–Trinajstić information content (AvgIpc) is 2.98. The summed E-state index contributed by atoms with van der Waals surface area (Å²) in [6, 6.07) is 0. The number of nitrogens with zero attached hydrogens (tertiary/aromatic N) is 1. The Morgan fingerprint density at radius 3 is 2.53 bits per heavy atom. The zero-order chi connectivity index (χ0) is 13.5. The average molecular weight is 294 g/mol. The second-order valence-corrected chi connectivity index (χ2v) is 6.90. The van der Waals surface area contributed by atoms with Gasteiger partial charge >= 0.3 is 0 Å². The molecule has 1 saturated heterocycles. The summed E-state index contributed by atoms with van der Waals surface area (Å²) in [6.45, 7) is 2.40. The summed E-state index contributed by atoms with van der Waals surface area (Å²) >= 11 is 3.88. The zero-order valence-corrected chi connectivity index (χ0v) is 13.3.